The zero-order valence-electron chi connectivity index (χ0n) is 14.4. The molecule has 1 aliphatic rings. The Labute approximate surface area is 157 Å². The maximum Gasteiger partial charge on any atom is 0.407 e. The standard InChI is InChI=1S/C16H16ClN7O3/c1-8-11-13(21-12(20-11)10-9(17)2-3-18-14(10)25)22-15(19-8)23-4-6-24(7-5-23)16(26)27/h2-3H,4-7H2,1H3,(H,18,25)(H,26,27)(H,19,20,21,22). The highest BCUT2D eigenvalue weighted by Gasteiger charge is 2.23. The Balaban J connectivity index is 1.71. The number of hydrogen-bond acceptors (Lipinski definition) is 6. The van der Waals surface area contributed by atoms with Crippen LogP contribution in [0, 0.1) is 6.92 Å². The van der Waals surface area contributed by atoms with Crippen LogP contribution in [0.4, 0.5) is 10.7 Å². The smallest absolute Gasteiger partial charge is 0.407 e. The number of H-pyrrole nitrogens is 2. The summed E-state index contributed by atoms with van der Waals surface area (Å²) in [5.74, 6) is 0.804. The van der Waals surface area contributed by atoms with Crippen LogP contribution in [0.3, 0.4) is 0 Å². The van der Waals surface area contributed by atoms with Crippen LogP contribution in [0.25, 0.3) is 22.6 Å². The lowest BCUT2D eigenvalue weighted by molar-refractivity contribution is 0.142. The van der Waals surface area contributed by atoms with Crippen LogP contribution in [0.5, 0.6) is 0 Å². The fourth-order valence-electron chi connectivity index (χ4n) is 3.06. The summed E-state index contributed by atoms with van der Waals surface area (Å²) in [4.78, 5) is 45.5. The van der Waals surface area contributed by atoms with Crippen molar-refractivity contribution in [2.75, 3.05) is 31.1 Å². The highest BCUT2D eigenvalue weighted by Crippen LogP contribution is 2.25. The number of aromatic amines is 2. The van der Waals surface area contributed by atoms with Gasteiger partial charge in [-0.15, -0.1) is 0 Å². The third-order valence-corrected chi connectivity index (χ3v) is 4.81. The Kier molecular flexibility index (Phi) is 4.19. The van der Waals surface area contributed by atoms with Gasteiger partial charge >= 0.3 is 6.09 Å². The molecule has 4 rings (SSSR count). The number of halogens is 1. The molecule has 3 aromatic heterocycles. The lowest BCUT2D eigenvalue weighted by atomic mass is 10.2. The molecule has 1 aliphatic heterocycles. The van der Waals surface area contributed by atoms with Gasteiger partial charge in [0.15, 0.2) is 5.65 Å². The molecule has 0 saturated carbocycles. The second-order valence-corrected chi connectivity index (χ2v) is 6.59. The number of carboxylic acid groups (broad SMARTS) is 1. The van der Waals surface area contributed by atoms with Gasteiger partial charge in [0, 0.05) is 32.4 Å². The Morgan fingerprint density at radius 2 is 1.96 bits per heavy atom. The van der Waals surface area contributed by atoms with E-state index in [9.17, 15) is 9.59 Å². The number of piperazine rings is 1. The van der Waals surface area contributed by atoms with Crippen molar-refractivity contribution in [3.63, 3.8) is 0 Å². The second kappa shape index (κ2) is 6.54. The van der Waals surface area contributed by atoms with Gasteiger partial charge < -0.3 is 24.9 Å². The number of pyridine rings is 1. The zero-order valence-corrected chi connectivity index (χ0v) is 15.1. The number of amides is 1. The molecule has 0 aliphatic carbocycles. The fraction of sp³-hybridized carbons (Fsp3) is 0.312. The number of nitrogens with zero attached hydrogens (tertiary/aromatic N) is 5. The average Bonchev–Trinajstić information content (AvgIpc) is 3.06. The lowest BCUT2D eigenvalue weighted by Gasteiger charge is -2.33. The summed E-state index contributed by atoms with van der Waals surface area (Å²) < 4.78 is 0. The first-order chi connectivity index (χ1) is 12.9. The second-order valence-electron chi connectivity index (χ2n) is 6.18. The van der Waals surface area contributed by atoms with Gasteiger partial charge in [-0.3, -0.25) is 4.79 Å². The first-order valence-corrected chi connectivity index (χ1v) is 8.66. The molecule has 0 aromatic carbocycles. The third-order valence-electron chi connectivity index (χ3n) is 4.50. The number of fused-ring (bicyclic) bond motifs is 1. The number of rotatable bonds is 2. The van der Waals surface area contributed by atoms with Gasteiger partial charge in [-0.25, -0.2) is 14.8 Å². The predicted octanol–water partition coefficient (Wildman–Crippen LogP) is 1.47. The summed E-state index contributed by atoms with van der Waals surface area (Å²) in [6.45, 7) is 3.59. The van der Waals surface area contributed by atoms with Crippen molar-refractivity contribution >= 4 is 34.8 Å². The van der Waals surface area contributed by atoms with Crippen LogP contribution < -0.4 is 10.5 Å². The van der Waals surface area contributed by atoms with Gasteiger partial charge in [0.05, 0.1) is 10.7 Å². The quantitative estimate of drug-likeness (QED) is 0.604. The normalized spacial score (nSPS) is 14.7. The Bertz CT molecular complexity index is 1090. The molecule has 3 aromatic rings. The van der Waals surface area contributed by atoms with Gasteiger partial charge in [-0.1, -0.05) is 11.6 Å². The number of anilines is 1. The van der Waals surface area contributed by atoms with Crippen molar-refractivity contribution in [3.8, 4) is 11.4 Å². The number of nitrogens with one attached hydrogen (secondary N) is 2. The van der Waals surface area contributed by atoms with Crippen LogP contribution in [-0.4, -0.2) is 67.2 Å². The molecule has 0 spiro atoms. The molecule has 27 heavy (non-hydrogen) atoms. The number of aryl methyl sites for hydroxylation is 1. The van der Waals surface area contributed by atoms with Crippen molar-refractivity contribution < 1.29 is 9.90 Å². The van der Waals surface area contributed by atoms with E-state index in [0.717, 1.165) is 0 Å². The van der Waals surface area contributed by atoms with Crippen molar-refractivity contribution in [2.45, 2.75) is 6.92 Å². The van der Waals surface area contributed by atoms with E-state index in [1.165, 1.54) is 11.1 Å². The summed E-state index contributed by atoms with van der Waals surface area (Å²) in [6.07, 6.45) is 0.542. The summed E-state index contributed by atoms with van der Waals surface area (Å²) in [5, 5.41) is 9.35. The molecule has 3 N–H and O–H groups in total. The molecule has 1 amide bonds. The van der Waals surface area contributed by atoms with Gasteiger partial charge in [-0.2, -0.15) is 4.98 Å². The lowest BCUT2D eigenvalue weighted by Crippen LogP contribution is -2.48. The average molecular weight is 390 g/mol. The van der Waals surface area contributed by atoms with E-state index in [4.69, 9.17) is 16.7 Å². The van der Waals surface area contributed by atoms with Crippen molar-refractivity contribution in [3.05, 3.63) is 33.3 Å². The van der Waals surface area contributed by atoms with Crippen molar-refractivity contribution in [1.82, 2.24) is 29.8 Å². The Morgan fingerprint density at radius 1 is 1.22 bits per heavy atom. The maximum absolute atomic E-state index is 12.1. The fourth-order valence-corrected chi connectivity index (χ4v) is 3.29. The number of imidazole rings is 1. The van der Waals surface area contributed by atoms with E-state index in [1.54, 1.807) is 6.07 Å². The van der Waals surface area contributed by atoms with E-state index in [0.29, 0.717) is 54.8 Å². The van der Waals surface area contributed by atoms with E-state index in [2.05, 4.69) is 24.9 Å². The van der Waals surface area contributed by atoms with Gasteiger partial charge in [0.25, 0.3) is 5.56 Å². The molecule has 4 heterocycles. The highest BCUT2D eigenvalue weighted by molar-refractivity contribution is 6.33. The van der Waals surface area contributed by atoms with Crippen LogP contribution in [0.15, 0.2) is 17.1 Å². The van der Waals surface area contributed by atoms with Gasteiger partial charge in [-0.05, 0) is 13.0 Å². The molecular weight excluding hydrogens is 374 g/mol. The molecule has 1 fully saturated rings. The van der Waals surface area contributed by atoms with Crippen LogP contribution in [-0.2, 0) is 0 Å². The Morgan fingerprint density at radius 3 is 2.63 bits per heavy atom. The summed E-state index contributed by atoms with van der Waals surface area (Å²) >= 11 is 6.15. The first-order valence-electron chi connectivity index (χ1n) is 8.29. The number of hydrogen-bond donors (Lipinski definition) is 3. The van der Waals surface area contributed by atoms with Crippen LogP contribution >= 0.6 is 11.6 Å². The minimum absolute atomic E-state index is 0.244. The van der Waals surface area contributed by atoms with Crippen LogP contribution in [0.1, 0.15) is 5.69 Å². The zero-order chi connectivity index (χ0) is 19.1. The third kappa shape index (κ3) is 3.08. The summed E-state index contributed by atoms with van der Waals surface area (Å²) in [6, 6.07) is 1.58. The Hall–Kier alpha value is -3.14. The topological polar surface area (TPSA) is 131 Å². The maximum atomic E-state index is 12.1. The number of aromatic nitrogens is 5. The van der Waals surface area contributed by atoms with E-state index in [1.807, 2.05) is 11.8 Å². The molecule has 140 valence electrons. The monoisotopic (exact) mass is 389 g/mol. The summed E-state index contributed by atoms with van der Waals surface area (Å²) in [7, 11) is 0. The number of carbonyl (C=O) groups is 1. The molecule has 0 radical (unpaired) electrons. The highest BCUT2D eigenvalue weighted by atomic mass is 35.5. The SMILES string of the molecule is Cc1nc(N2CCN(C(=O)O)CC2)nc2nc(-c3c(Cl)cc[nH]c3=O)[nH]c12. The largest absolute Gasteiger partial charge is 0.465 e. The van der Waals surface area contributed by atoms with Crippen molar-refractivity contribution in [1.29, 1.82) is 0 Å². The van der Waals surface area contributed by atoms with Gasteiger partial charge in [0.2, 0.25) is 5.95 Å². The van der Waals surface area contributed by atoms with Gasteiger partial charge in [0.1, 0.15) is 16.9 Å². The molecule has 1 saturated heterocycles. The van der Waals surface area contributed by atoms with Crippen LogP contribution in [0.2, 0.25) is 5.02 Å². The molecular formula is C16H16ClN7O3. The van der Waals surface area contributed by atoms with E-state index >= 15 is 0 Å². The molecule has 0 atom stereocenters. The van der Waals surface area contributed by atoms with Crippen molar-refractivity contribution in [2.24, 2.45) is 0 Å². The van der Waals surface area contributed by atoms with E-state index < -0.39 is 6.09 Å². The van der Waals surface area contributed by atoms with E-state index in [-0.39, 0.29) is 16.1 Å². The predicted molar refractivity (Wildman–Crippen MR) is 99.3 cm³/mol. The first kappa shape index (κ1) is 17.3. The molecule has 11 heteroatoms. The molecule has 10 nitrogen and oxygen atoms in total. The minimum atomic E-state index is -0.927. The molecule has 0 bridgehead atoms. The molecule has 0 unspecified atom stereocenters. The summed E-state index contributed by atoms with van der Waals surface area (Å²) in [5.41, 5.74) is 1.62. The minimum Gasteiger partial charge on any atom is -0.465 e.